The number of carbonyl (C=O) groups excluding carboxylic acids is 1. The Balaban J connectivity index is 2.34. The highest BCUT2D eigenvalue weighted by Crippen LogP contribution is 2.24. The lowest BCUT2D eigenvalue weighted by molar-refractivity contribution is 0.0524. The van der Waals surface area contributed by atoms with Crippen LogP contribution in [0.3, 0.4) is 0 Å². The van der Waals surface area contributed by atoms with Gasteiger partial charge < -0.3 is 14.8 Å². The van der Waals surface area contributed by atoms with Crippen molar-refractivity contribution in [3.63, 3.8) is 0 Å². The Morgan fingerprint density at radius 3 is 3.25 bits per heavy atom. The summed E-state index contributed by atoms with van der Waals surface area (Å²) in [4.78, 5) is 11.7. The van der Waals surface area contributed by atoms with Gasteiger partial charge in [-0.1, -0.05) is 6.07 Å². The fourth-order valence-electron chi connectivity index (χ4n) is 1.73. The number of nitrogens with one attached hydrogen (secondary N) is 1. The van der Waals surface area contributed by atoms with Crippen molar-refractivity contribution in [3.05, 3.63) is 29.3 Å². The molecule has 1 aliphatic heterocycles. The molecule has 0 saturated heterocycles. The Bertz CT molecular complexity index is 390. The van der Waals surface area contributed by atoms with E-state index >= 15 is 0 Å². The highest BCUT2D eigenvalue weighted by Gasteiger charge is 2.17. The molecule has 0 spiro atoms. The van der Waals surface area contributed by atoms with Gasteiger partial charge in [0, 0.05) is 18.7 Å². The lowest BCUT2D eigenvalue weighted by Crippen LogP contribution is -2.17. The summed E-state index contributed by atoms with van der Waals surface area (Å²) < 4.78 is 10.6. The molecule has 0 fully saturated rings. The van der Waals surface area contributed by atoms with Crippen molar-refractivity contribution < 1.29 is 14.3 Å². The van der Waals surface area contributed by atoms with Crippen LogP contribution in [0.25, 0.3) is 0 Å². The Morgan fingerprint density at radius 1 is 1.56 bits per heavy atom. The molecular weight excluding hydrogens is 206 g/mol. The van der Waals surface area contributed by atoms with E-state index < -0.39 is 0 Å². The first-order valence-corrected chi connectivity index (χ1v) is 5.45. The number of hydrogen-bond acceptors (Lipinski definition) is 4. The van der Waals surface area contributed by atoms with Crippen molar-refractivity contribution in [2.24, 2.45) is 0 Å². The number of esters is 1. The standard InChI is InChI=1S/C12H15NO3/c1-2-15-12(14)9-4-3-5-11-10(9)8-13-6-7-16-11/h3-5,13H,2,6-8H2,1H3. The minimum absolute atomic E-state index is 0.286. The van der Waals surface area contributed by atoms with E-state index in [0.717, 1.165) is 17.9 Å². The van der Waals surface area contributed by atoms with Crippen LogP contribution in [0.5, 0.6) is 5.75 Å². The Hall–Kier alpha value is -1.55. The summed E-state index contributed by atoms with van der Waals surface area (Å²) in [7, 11) is 0. The average Bonchev–Trinajstić information content (AvgIpc) is 2.53. The number of ether oxygens (including phenoxy) is 2. The van der Waals surface area contributed by atoms with Crippen molar-refractivity contribution in [2.45, 2.75) is 13.5 Å². The Labute approximate surface area is 94.6 Å². The monoisotopic (exact) mass is 221 g/mol. The Kier molecular flexibility index (Phi) is 3.41. The highest BCUT2D eigenvalue weighted by atomic mass is 16.5. The first kappa shape index (κ1) is 11.0. The zero-order valence-corrected chi connectivity index (χ0v) is 9.29. The zero-order valence-electron chi connectivity index (χ0n) is 9.29. The fourth-order valence-corrected chi connectivity index (χ4v) is 1.73. The molecule has 0 amide bonds. The number of rotatable bonds is 2. The van der Waals surface area contributed by atoms with Gasteiger partial charge in [0.05, 0.1) is 12.2 Å². The molecule has 1 aromatic carbocycles. The number of fused-ring (bicyclic) bond motifs is 1. The lowest BCUT2D eigenvalue weighted by atomic mass is 10.1. The van der Waals surface area contributed by atoms with E-state index in [4.69, 9.17) is 9.47 Å². The van der Waals surface area contributed by atoms with Crippen LogP contribution in [-0.2, 0) is 11.3 Å². The molecular formula is C12H15NO3. The lowest BCUT2D eigenvalue weighted by Gasteiger charge is -2.10. The molecule has 0 radical (unpaired) electrons. The molecule has 1 heterocycles. The van der Waals surface area contributed by atoms with Crippen molar-refractivity contribution in [3.8, 4) is 5.75 Å². The molecule has 4 nitrogen and oxygen atoms in total. The summed E-state index contributed by atoms with van der Waals surface area (Å²) in [5.41, 5.74) is 1.48. The van der Waals surface area contributed by atoms with Gasteiger partial charge in [0.1, 0.15) is 12.4 Å². The van der Waals surface area contributed by atoms with E-state index in [1.165, 1.54) is 0 Å². The molecule has 0 saturated carbocycles. The van der Waals surface area contributed by atoms with Gasteiger partial charge in [-0.25, -0.2) is 4.79 Å². The molecule has 0 bridgehead atoms. The topological polar surface area (TPSA) is 47.6 Å². The summed E-state index contributed by atoms with van der Waals surface area (Å²) in [6, 6.07) is 5.47. The van der Waals surface area contributed by atoms with Crippen LogP contribution < -0.4 is 10.1 Å². The third kappa shape index (κ3) is 2.17. The molecule has 1 aliphatic rings. The maximum absolute atomic E-state index is 11.7. The first-order valence-electron chi connectivity index (χ1n) is 5.45. The molecule has 0 aliphatic carbocycles. The van der Waals surface area contributed by atoms with Crippen LogP contribution in [0.15, 0.2) is 18.2 Å². The zero-order chi connectivity index (χ0) is 11.4. The normalized spacial score (nSPS) is 14.6. The minimum Gasteiger partial charge on any atom is -0.492 e. The second-order valence-electron chi connectivity index (χ2n) is 3.53. The van der Waals surface area contributed by atoms with Gasteiger partial charge in [-0.2, -0.15) is 0 Å². The maximum Gasteiger partial charge on any atom is 0.338 e. The van der Waals surface area contributed by atoms with E-state index in [9.17, 15) is 4.79 Å². The van der Waals surface area contributed by atoms with Gasteiger partial charge in [0.2, 0.25) is 0 Å². The van der Waals surface area contributed by atoms with E-state index in [0.29, 0.717) is 25.3 Å². The second kappa shape index (κ2) is 4.99. The molecule has 2 rings (SSSR count). The van der Waals surface area contributed by atoms with Gasteiger partial charge in [0.25, 0.3) is 0 Å². The summed E-state index contributed by atoms with van der Waals surface area (Å²) in [6.07, 6.45) is 0. The van der Waals surface area contributed by atoms with Crippen LogP contribution in [0.1, 0.15) is 22.8 Å². The number of carbonyl (C=O) groups is 1. The van der Waals surface area contributed by atoms with E-state index in [2.05, 4.69) is 5.32 Å². The molecule has 4 heteroatoms. The van der Waals surface area contributed by atoms with E-state index in [1.807, 2.05) is 12.1 Å². The van der Waals surface area contributed by atoms with Gasteiger partial charge in [0.15, 0.2) is 0 Å². The van der Waals surface area contributed by atoms with Crippen LogP contribution in [0.2, 0.25) is 0 Å². The third-order valence-corrected chi connectivity index (χ3v) is 2.47. The Morgan fingerprint density at radius 2 is 2.44 bits per heavy atom. The van der Waals surface area contributed by atoms with Gasteiger partial charge in [-0.3, -0.25) is 0 Å². The predicted octanol–water partition coefficient (Wildman–Crippen LogP) is 1.35. The minimum atomic E-state index is -0.286. The summed E-state index contributed by atoms with van der Waals surface area (Å²) in [5, 5.41) is 3.21. The summed E-state index contributed by atoms with van der Waals surface area (Å²) >= 11 is 0. The van der Waals surface area contributed by atoms with Gasteiger partial charge >= 0.3 is 5.97 Å². The molecule has 1 N–H and O–H groups in total. The summed E-state index contributed by atoms with van der Waals surface area (Å²) in [5.74, 6) is 0.488. The van der Waals surface area contributed by atoms with Crippen molar-refractivity contribution >= 4 is 5.97 Å². The fraction of sp³-hybridized carbons (Fsp3) is 0.417. The SMILES string of the molecule is CCOC(=O)c1cccc2c1CNCCO2. The first-order chi connectivity index (χ1) is 7.83. The number of hydrogen-bond donors (Lipinski definition) is 1. The molecule has 0 unspecified atom stereocenters. The molecule has 0 atom stereocenters. The van der Waals surface area contributed by atoms with Gasteiger partial charge in [-0.15, -0.1) is 0 Å². The molecule has 0 aromatic heterocycles. The molecule has 86 valence electrons. The van der Waals surface area contributed by atoms with Crippen LogP contribution >= 0.6 is 0 Å². The highest BCUT2D eigenvalue weighted by molar-refractivity contribution is 5.91. The largest absolute Gasteiger partial charge is 0.492 e. The average molecular weight is 221 g/mol. The van der Waals surface area contributed by atoms with Crippen LogP contribution in [-0.4, -0.2) is 25.7 Å². The second-order valence-corrected chi connectivity index (χ2v) is 3.53. The number of benzene rings is 1. The summed E-state index contributed by atoms with van der Waals surface area (Å²) in [6.45, 7) is 4.24. The predicted molar refractivity (Wildman–Crippen MR) is 59.6 cm³/mol. The third-order valence-electron chi connectivity index (χ3n) is 2.47. The van der Waals surface area contributed by atoms with Crippen molar-refractivity contribution in [1.29, 1.82) is 0 Å². The molecule has 1 aromatic rings. The van der Waals surface area contributed by atoms with Crippen molar-refractivity contribution in [2.75, 3.05) is 19.8 Å². The van der Waals surface area contributed by atoms with E-state index in [1.54, 1.807) is 13.0 Å². The van der Waals surface area contributed by atoms with Crippen LogP contribution in [0.4, 0.5) is 0 Å². The van der Waals surface area contributed by atoms with Gasteiger partial charge in [-0.05, 0) is 19.1 Å². The van der Waals surface area contributed by atoms with Crippen molar-refractivity contribution in [1.82, 2.24) is 5.32 Å². The van der Waals surface area contributed by atoms with Crippen LogP contribution in [0, 0.1) is 0 Å². The molecule has 16 heavy (non-hydrogen) atoms. The smallest absolute Gasteiger partial charge is 0.338 e. The quantitative estimate of drug-likeness (QED) is 0.766. The maximum atomic E-state index is 11.7. The van der Waals surface area contributed by atoms with E-state index in [-0.39, 0.29) is 5.97 Å².